The molecular formula is C24H21F3N8O3. The summed E-state index contributed by atoms with van der Waals surface area (Å²) >= 11 is 0. The number of benzene rings is 1. The number of ether oxygens (including phenoxy) is 1. The Labute approximate surface area is 213 Å². The van der Waals surface area contributed by atoms with Gasteiger partial charge in [-0.2, -0.15) is 13.2 Å². The Morgan fingerprint density at radius 3 is 2.53 bits per heavy atom. The number of halogens is 3. The van der Waals surface area contributed by atoms with E-state index in [0.29, 0.717) is 60.8 Å². The quantitative estimate of drug-likeness (QED) is 0.313. The predicted molar refractivity (Wildman–Crippen MR) is 130 cm³/mol. The molecular weight excluding hydrogens is 505 g/mol. The van der Waals surface area contributed by atoms with Crippen LogP contribution in [0.15, 0.2) is 42.9 Å². The number of aromatic nitrogens is 5. The van der Waals surface area contributed by atoms with E-state index < -0.39 is 22.8 Å². The number of nitrogens with zero attached hydrogens (tertiary/aromatic N) is 7. The summed E-state index contributed by atoms with van der Waals surface area (Å²) in [5.41, 5.74) is 1.73. The number of alkyl halides is 3. The van der Waals surface area contributed by atoms with E-state index in [1.165, 1.54) is 12.1 Å². The van der Waals surface area contributed by atoms with Crippen molar-refractivity contribution in [3.8, 4) is 0 Å². The molecule has 0 spiro atoms. The molecule has 1 fully saturated rings. The number of nitrogens with one attached hydrogen (secondary N) is 1. The Balaban J connectivity index is 1.46. The largest absolute Gasteiger partial charge is 0.433 e. The highest BCUT2D eigenvalue weighted by atomic mass is 19.4. The molecule has 2 aliphatic heterocycles. The van der Waals surface area contributed by atoms with Crippen molar-refractivity contribution in [1.82, 2.24) is 24.9 Å². The van der Waals surface area contributed by atoms with Crippen LogP contribution in [0.3, 0.4) is 0 Å². The number of non-ortho nitro benzene ring substituents is 1. The van der Waals surface area contributed by atoms with E-state index in [1.54, 1.807) is 23.4 Å². The zero-order valence-electron chi connectivity index (χ0n) is 19.9. The lowest BCUT2D eigenvalue weighted by molar-refractivity contribution is -0.384. The van der Waals surface area contributed by atoms with Gasteiger partial charge in [0.15, 0.2) is 0 Å². The van der Waals surface area contributed by atoms with Gasteiger partial charge in [-0.15, -0.1) is 0 Å². The van der Waals surface area contributed by atoms with Gasteiger partial charge < -0.3 is 19.5 Å². The molecule has 0 amide bonds. The first-order valence-electron chi connectivity index (χ1n) is 11.9. The van der Waals surface area contributed by atoms with Crippen LogP contribution < -0.4 is 9.80 Å². The number of fused-ring (bicyclic) bond motifs is 3. The van der Waals surface area contributed by atoms with Gasteiger partial charge in [0.25, 0.3) is 5.69 Å². The maximum absolute atomic E-state index is 13.5. The van der Waals surface area contributed by atoms with E-state index in [9.17, 15) is 23.3 Å². The number of H-pyrrole nitrogens is 1. The van der Waals surface area contributed by atoms with Crippen molar-refractivity contribution in [1.29, 1.82) is 0 Å². The van der Waals surface area contributed by atoms with Gasteiger partial charge in [-0.3, -0.25) is 10.1 Å². The van der Waals surface area contributed by atoms with Gasteiger partial charge in [-0.25, -0.2) is 19.9 Å². The van der Waals surface area contributed by atoms with E-state index in [4.69, 9.17) is 4.74 Å². The molecule has 0 bridgehead atoms. The highest BCUT2D eigenvalue weighted by molar-refractivity contribution is 5.87. The maximum atomic E-state index is 13.5. The van der Waals surface area contributed by atoms with Crippen LogP contribution in [0, 0.1) is 10.1 Å². The molecule has 5 heterocycles. The Morgan fingerprint density at radius 1 is 1.05 bits per heavy atom. The number of rotatable bonds is 4. The molecule has 1 unspecified atom stereocenters. The second kappa shape index (κ2) is 9.20. The third-order valence-electron chi connectivity index (χ3n) is 6.78. The standard InChI is InChI=1S/C24H21F3N8O3/c25-24(26,27)19-3-5-28-23(32-19)34-6-4-16-17-11-15(35(36)37)1-2-18(17)31-20(16)21(34)14-12-29-22(30-13-14)33-7-9-38-10-8-33/h1-3,5,11-13,21,31H,4,6-10H2. The lowest BCUT2D eigenvalue weighted by Crippen LogP contribution is -2.38. The molecule has 0 aliphatic carbocycles. The first-order chi connectivity index (χ1) is 18.3. The smallest absolute Gasteiger partial charge is 0.378 e. The minimum atomic E-state index is -4.63. The number of nitro groups is 1. The fourth-order valence-electron chi connectivity index (χ4n) is 5.00. The molecule has 1 N–H and O–H groups in total. The lowest BCUT2D eigenvalue weighted by atomic mass is 9.94. The van der Waals surface area contributed by atoms with Gasteiger partial charge in [-0.05, 0) is 24.1 Å². The molecule has 2 aliphatic rings. The first-order valence-corrected chi connectivity index (χ1v) is 11.9. The lowest BCUT2D eigenvalue weighted by Gasteiger charge is -2.36. The Kier molecular flexibility index (Phi) is 5.82. The van der Waals surface area contributed by atoms with Gasteiger partial charge >= 0.3 is 6.18 Å². The summed E-state index contributed by atoms with van der Waals surface area (Å²) in [4.78, 5) is 35.0. The molecule has 196 valence electrons. The van der Waals surface area contributed by atoms with Crippen molar-refractivity contribution < 1.29 is 22.8 Å². The van der Waals surface area contributed by atoms with Gasteiger partial charge in [0, 0.05) is 72.5 Å². The topological polar surface area (TPSA) is 126 Å². The van der Waals surface area contributed by atoms with Crippen molar-refractivity contribution >= 4 is 28.5 Å². The third-order valence-corrected chi connectivity index (χ3v) is 6.78. The second-order valence-corrected chi connectivity index (χ2v) is 9.01. The molecule has 1 atom stereocenters. The fraction of sp³-hybridized carbons (Fsp3) is 0.333. The number of hydrogen-bond donors (Lipinski definition) is 1. The summed E-state index contributed by atoms with van der Waals surface area (Å²) in [5, 5.41) is 12.1. The van der Waals surface area contributed by atoms with Crippen molar-refractivity contribution in [3.05, 3.63) is 75.5 Å². The van der Waals surface area contributed by atoms with E-state index >= 15 is 0 Å². The molecule has 6 rings (SSSR count). The summed E-state index contributed by atoms with van der Waals surface area (Å²) in [6.07, 6.45) is 0.166. The monoisotopic (exact) mass is 526 g/mol. The maximum Gasteiger partial charge on any atom is 0.433 e. The molecule has 0 radical (unpaired) electrons. The number of aromatic amines is 1. The Hall–Kier alpha value is -4.33. The molecule has 1 aromatic carbocycles. The molecule has 14 heteroatoms. The van der Waals surface area contributed by atoms with Crippen molar-refractivity contribution in [3.63, 3.8) is 0 Å². The van der Waals surface area contributed by atoms with Crippen LogP contribution >= 0.6 is 0 Å². The van der Waals surface area contributed by atoms with Crippen LogP contribution in [0.2, 0.25) is 0 Å². The zero-order chi connectivity index (χ0) is 26.4. The normalized spacial score (nSPS) is 18.0. The molecule has 0 saturated carbocycles. The van der Waals surface area contributed by atoms with E-state index in [0.717, 1.165) is 17.8 Å². The first kappa shape index (κ1) is 24.0. The number of anilines is 2. The van der Waals surface area contributed by atoms with Crippen LogP contribution in [0.1, 0.15) is 28.6 Å². The van der Waals surface area contributed by atoms with Crippen LogP contribution in [0.4, 0.5) is 30.8 Å². The SMILES string of the molecule is O=[N+]([O-])c1ccc2[nH]c3c(c2c1)CCN(c1nccc(C(F)(F)F)n1)C3c1cnc(N2CCOCC2)nc1. The molecule has 11 nitrogen and oxygen atoms in total. The van der Waals surface area contributed by atoms with Gasteiger partial charge in [0.2, 0.25) is 11.9 Å². The summed E-state index contributed by atoms with van der Waals surface area (Å²) in [5.74, 6) is 0.444. The minimum absolute atomic E-state index is 0.0438. The van der Waals surface area contributed by atoms with Crippen molar-refractivity contribution in [2.24, 2.45) is 0 Å². The molecule has 3 aromatic heterocycles. The van der Waals surface area contributed by atoms with Gasteiger partial charge in [-0.1, -0.05) is 0 Å². The Bertz CT molecular complexity index is 1500. The van der Waals surface area contributed by atoms with Crippen LogP contribution in [-0.2, 0) is 17.3 Å². The van der Waals surface area contributed by atoms with E-state index in [2.05, 4.69) is 24.9 Å². The highest BCUT2D eigenvalue weighted by Gasteiger charge is 2.37. The zero-order valence-corrected chi connectivity index (χ0v) is 19.9. The van der Waals surface area contributed by atoms with E-state index in [-0.39, 0.29) is 18.2 Å². The second-order valence-electron chi connectivity index (χ2n) is 9.01. The van der Waals surface area contributed by atoms with Crippen molar-refractivity contribution in [2.75, 3.05) is 42.6 Å². The van der Waals surface area contributed by atoms with Gasteiger partial charge in [0.1, 0.15) is 11.7 Å². The predicted octanol–water partition coefficient (Wildman–Crippen LogP) is 3.66. The number of morpholine rings is 1. The third kappa shape index (κ3) is 4.26. The average Bonchev–Trinajstić information content (AvgIpc) is 3.31. The van der Waals surface area contributed by atoms with Crippen LogP contribution in [-0.4, -0.2) is 62.7 Å². The van der Waals surface area contributed by atoms with Crippen molar-refractivity contribution in [2.45, 2.75) is 18.6 Å². The Morgan fingerprint density at radius 2 is 1.82 bits per heavy atom. The van der Waals surface area contributed by atoms with Crippen LogP contribution in [0.5, 0.6) is 0 Å². The number of hydrogen-bond acceptors (Lipinski definition) is 9. The highest BCUT2D eigenvalue weighted by Crippen LogP contribution is 2.41. The summed E-state index contributed by atoms with van der Waals surface area (Å²) in [6, 6.07) is 4.73. The number of nitro benzene ring substituents is 1. The van der Waals surface area contributed by atoms with Crippen LogP contribution in [0.25, 0.3) is 10.9 Å². The summed E-state index contributed by atoms with van der Waals surface area (Å²) < 4.78 is 45.7. The molecule has 4 aromatic rings. The minimum Gasteiger partial charge on any atom is -0.378 e. The average molecular weight is 526 g/mol. The molecule has 1 saturated heterocycles. The summed E-state index contributed by atoms with van der Waals surface area (Å²) in [6.45, 7) is 2.72. The fourth-order valence-corrected chi connectivity index (χ4v) is 5.00. The van der Waals surface area contributed by atoms with Gasteiger partial charge in [0.05, 0.1) is 18.1 Å². The molecule has 38 heavy (non-hydrogen) atoms. The van der Waals surface area contributed by atoms with E-state index in [1.807, 2.05) is 4.90 Å². The summed E-state index contributed by atoms with van der Waals surface area (Å²) in [7, 11) is 0.